The van der Waals surface area contributed by atoms with E-state index < -0.39 is 0 Å². The fourth-order valence-corrected chi connectivity index (χ4v) is 4.73. The Morgan fingerprint density at radius 1 is 1.22 bits per heavy atom. The van der Waals surface area contributed by atoms with Crippen LogP contribution in [0.15, 0.2) is 42.7 Å². The van der Waals surface area contributed by atoms with Crippen LogP contribution in [-0.4, -0.2) is 37.2 Å². The Morgan fingerprint density at radius 2 is 2.03 bits per heavy atom. The van der Waals surface area contributed by atoms with Gasteiger partial charge in [-0.3, -0.25) is 9.89 Å². The number of carbonyl (C=O) groups excluding carboxylic acids is 1. The lowest BCUT2D eigenvalue weighted by atomic mass is 9.94. The molecule has 1 aliphatic carbocycles. The van der Waals surface area contributed by atoms with Crippen LogP contribution in [0.25, 0.3) is 33.8 Å². The Hall–Kier alpha value is -3.68. The van der Waals surface area contributed by atoms with Crippen molar-refractivity contribution in [1.82, 2.24) is 24.7 Å². The molecule has 0 unspecified atom stereocenters. The van der Waals surface area contributed by atoms with Gasteiger partial charge in [0.1, 0.15) is 23.4 Å². The van der Waals surface area contributed by atoms with Crippen molar-refractivity contribution in [1.29, 1.82) is 0 Å². The number of nitrogens with two attached hydrogens (primary N) is 1. The highest BCUT2D eigenvalue weighted by molar-refractivity contribution is 5.87. The summed E-state index contributed by atoms with van der Waals surface area (Å²) in [6.45, 7) is 1.50. The fraction of sp³-hybridized carbons (Fsp3) is 0.333. The first-order valence-corrected chi connectivity index (χ1v) is 11.1. The molecule has 0 saturated heterocycles. The van der Waals surface area contributed by atoms with Gasteiger partial charge in [-0.2, -0.15) is 5.10 Å². The molecule has 0 radical (unpaired) electrons. The third-order valence-electron chi connectivity index (χ3n) is 6.49. The van der Waals surface area contributed by atoms with Gasteiger partial charge in [-0.25, -0.2) is 9.97 Å². The molecule has 2 aromatic heterocycles. The molecule has 1 atom stereocenters. The number of nitrogens with one attached hydrogen (secondary N) is 1. The molecule has 8 heteroatoms. The van der Waals surface area contributed by atoms with Gasteiger partial charge < -0.3 is 15.0 Å². The van der Waals surface area contributed by atoms with E-state index in [0.717, 1.165) is 70.9 Å². The number of hydrogen-bond acceptors (Lipinski definition) is 5. The summed E-state index contributed by atoms with van der Waals surface area (Å²) < 4.78 is 8.35. The zero-order valence-electron chi connectivity index (χ0n) is 17.6. The molecular formula is C24H24N6O2. The van der Waals surface area contributed by atoms with Crippen molar-refractivity contribution in [3.8, 4) is 28.5 Å². The average Bonchev–Trinajstić information content (AvgIpc) is 3.42. The maximum Gasteiger partial charge on any atom is 0.221 e. The maximum absolute atomic E-state index is 12.0. The molecule has 32 heavy (non-hydrogen) atoms. The Morgan fingerprint density at radius 3 is 2.75 bits per heavy atom. The summed E-state index contributed by atoms with van der Waals surface area (Å²) in [5.74, 6) is 2.59. The van der Waals surface area contributed by atoms with Crippen LogP contribution in [0.1, 0.15) is 24.8 Å². The lowest BCUT2D eigenvalue weighted by molar-refractivity contribution is -0.122. The molecular weight excluding hydrogens is 404 g/mol. The smallest absolute Gasteiger partial charge is 0.221 e. The molecule has 8 nitrogen and oxygen atoms in total. The molecule has 6 rings (SSSR count). The number of aromatic amines is 1. The van der Waals surface area contributed by atoms with E-state index in [4.69, 9.17) is 15.5 Å². The third kappa shape index (κ3) is 3.32. The van der Waals surface area contributed by atoms with Crippen LogP contribution in [0.5, 0.6) is 5.75 Å². The fourth-order valence-electron chi connectivity index (χ4n) is 4.73. The lowest BCUT2D eigenvalue weighted by Gasteiger charge is -2.13. The molecule has 1 saturated carbocycles. The lowest BCUT2D eigenvalue weighted by Crippen LogP contribution is -2.26. The molecule has 3 heterocycles. The highest BCUT2D eigenvalue weighted by atomic mass is 16.5. The maximum atomic E-state index is 12.0. The summed E-state index contributed by atoms with van der Waals surface area (Å²) in [6.07, 6.45) is 5.22. The van der Waals surface area contributed by atoms with E-state index in [2.05, 4.69) is 44.0 Å². The molecule has 1 aliphatic heterocycles. The third-order valence-corrected chi connectivity index (χ3v) is 6.49. The van der Waals surface area contributed by atoms with E-state index in [9.17, 15) is 4.79 Å². The summed E-state index contributed by atoms with van der Waals surface area (Å²) in [5.41, 5.74) is 10.7. The van der Waals surface area contributed by atoms with Gasteiger partial charge in [0.15, 0.2) is 5.82 Å². The van der Waals surface area contributed by atoms with E-state index in [1.807, 2.05) is 12.1 Å². The summed E-state index contributed by atoms with van der Waals surface area (Å²) in [7, 11) is 0. The molecule has 0 bridgehead atoms. The van der Waals surface area contributed by atoms with E-state index in [1.165, 1.54) is 6.33 Å². The van der Waals surface area contributed by atoms with Crippen molar-refractivity contribution in [3.63, 3.8) is 0 Å². The first-order valence-electron chi connectivity index (χ1n) is 11.1. The second kappa shape index (κ2) is 7.47. The van der Waals surface area contributed by atoms with Gasteiger partial charge in [-0.05, 0) is 49.3 Å². The van der Waals surface area contributed by atoms with E-state index in [0.29, 0.717) is 18.9 Å². The zero-order chi connectivity index (χ0) is 21.7. The van der Waals surface area contributed by atoms with E-state index in [-0.39, 0.29) is 11.8 Å². The summed E-state index contributed by atoms with van der Waals surface area (Å²) >= 11 is 0. The number of benzene rings is 2. The van der Waals surface area contributed by atoms with Crippen LogP contribution >= 0.6 is 0 Å². The summed E-state index contributed by atoms with van der Waals surface area (Å²) in [4.78, 5) is 21.2. The van der Waals surface area contributed by atoms with Gasteiger partial charge in [-0.1, -0.05) is 24.3 Å². The standard InChI is InChI=1S/C24H24N6O2/c25-22(31)18(15-2-3-15)10-14-11-19-21-20(12-14)32-9-1-8-30(21)24(28-19)17-6-4-16(5-7-17)23-26-13-27-29-23/h4-7,11-13,15,18H,1-3,8-10H2,(H2,25,31)(H,26,27,29)/t18-/m0/s1. The molecule has 1 fully saturated rings. The minimum Gasteiger partial charge on any atom is -0.491 e. The molecule has 2 aliphatic rings. The van der Waals surface area contributed by atoms with Crippen LogP contribution in [0.4, 0.5) is 0 Å². The molecule has 3 N–H and O–H groups in total. The van der Waals surface area contributed by atoms with Crippen LogP contribution in [0.3, 0.4) is 0 Å². The topological polar surface area (TPSA) is 112 Å². The minimum atomic E-state index is -0.211. The monoisotopic (exact) mass is 428 g/mol. The Labute approximate surface area is 184 Å². The Bertz CT molecular complexity index is 1290. The number of rotatable bonds is 6. The average molecular weight is 428 g/mol. The number of nitrogens with zero attached hydrogens (tertiary/aromatic N) is 4. The van der Waals surface area contributed by atoms with Crippen LogP contribution in [0, 0.1) is 11.8 Å². The van der Waals surface area contributed by atoms with Crippen molar-refractivity contribution < 1.29 is 9.53 Å². The van der Waals surface area contributed by atoms with E-state index >= 15 is 0 Å². The SMILES string of the molecule is NC(=O)[C@@H](Cc1cc2c3c(c1)nc(-c1ccc(-c4ncn[nH]4)cc1)n3CCCO2)C1CC1. The van der Waals surface area contributed by atoms with Gasteiger partial charge in [-0.15, -0.1) is 0 Å². The van der Waals surface area contributed by atoms with Crippen molar-refractivity contribution in [2.24, 2.45) is 17.6 Å². The second-order valence-corrected chi connectivity index (χ2v) is 8.71. The minimum absolute atomic E-state index is 0.115. The second-order valence-electron chi connectivity index (χ2n) is 8.71. The number of amides is 1. The normalized spacial score (nSPS) is 16.5. The number of carbonyl (C=O) groups is 1. The van der Waals surface area contributed by atoms with Gasteiger partial charge in [0, 0.05) is 23.6 Å². The molecule has 1 amide bonds. The Kier molecular flexibility index (Phi) is 4.45. The number of aryl methyl sites for hydroxylation is 1. The van der Waals surface area contributed by atoms with Crippen molar-refractivity contribution in [2.75, 3.05) is 6.61 Å². The predicted octanol–water partition coefficient (Wildman–Crippen LogP) is 3.32. The van der Waals surface area contributed by atoms with Gasteiger partial charge >= 0.3 is 0 Å². The number of hydrogen-bond donors (Lipinski definition) is 2. The van der Waals surface area contributed by atoms with Gasteiger partial charge in [0.25, 0.3) is 0 Å². The van der Waals surface area contributed by atoms with Crippen molar-refractivity contribution >= 4 is 16.9 Å². The highest BCUT2D eigenvalue weighted by Gasteiger charge is 2.35. The van der Waals surface area contributed by atoms with E-state index in [1.54, 1.807) is 0 Å². The predicted molar refractivity (Wildman–Crippen MR) is 120 cm³/mol. The highest BCUT2D eigenvalue weighted by Crippen LogP contribution is 2.40. The number of imidazole rings is 1. The number of H-pyrrole nitrogens is 1. The van der Waals surface area contributed by atoms with Crippen LogP contribution in [-0.2, 0) is 17.8 Å². The first-order chi connectivity index (χ1) is 15.7. The Balaban J connectivity index is 1.41. The first kappa shape index (κ1) is 19.0. The number of primary amides is 1. The van der Waals surface area contributed by atoms with Crippen LogP contribution < -0.4 is 10.5 Å². The van der Waals surface area contributed by atoms with Crippen LogP contribution in [0.2, 0.25) is 0 Å². The largest absolute Gasteiger partial charge is 0.491 e. The van der Waals surface area contributed by atoms with Crippen molar-refractivity contribution in [3.05, 3.63) is 48.3 Å². The number of ether oxygens (including phenoxy) is 1. The van der Waals surface area contributed by atoms with Gasteiger partial charge in [0.05, 0.1) is 12.1 Å². The summed E-state index contributed by atoms with van der Waals surface area (Å²) in [6, 6.07) is 12.3. The molecule has 2 aromatic carbocycles. The quantitative estimate of drug-likeness (QED) is 0.489. The number of aromatic nitrogens is 5. The molecule has 0 spiro atoms. The zero-order valence-corrected chi connectivity index (χ0v) is 17.6. The molecule has 4 aromatic rings. The van der Waals surface area contributed by atoms with Crippen molar-refractivity contribution in [2.45, 2.75) is 32.2 Å². The van der Waals surface area contributed by atoms with Gasteiger partial charge in [0.2, 0.25) is 5.91 Å². The summed E-state index contributed by atoms with van der Waals surface area (Å²) in [5, 5.41) is 6.81. The molecule has 162 valence electrons.